The Balaban J connectivity index is 1.61. The highest BCUT2D eigenvalue weighted by Crippen LogP contribution is 2.38. The Morgan fingerprint density at radius 3 is 2.36 bits per heavy atom. The fraction of sp³-hybridized carbons (Fsp3) is 0.269. The van der Waals surface area contributed by atoms with Crippen LogP contribution in [0.25, 0.3) is 27.8 Å². The first-order valence-corrected chi connectivity index (χ1v) is 11.0. The molecule has 5 rings (SSSR count). The number of piperazine rings is 1. The van der Waals surface area contributed by atoms with Crippen LogP contribution >= 0.6 is 0 Å². The maximum Gasteiger partial charge on any atom is 0.416 e. The Kier molecular flexibility index (Phi) is 5.68. The molecule has 1 aromatic heterocycles. The third kappa shape index (κ3) is 4.51. The van der Waals surface area contributed by atoms with E-state index in [0.717, 1.165) is 55.6 Å². The van der Waals surface area contributed by atoms with Gasteiger partial charge in [0.05, 0.1) is 16.6 Å². The largest absolute Gasteiger partial charge is 0.416 e. The van der Waals surface area contributed by atoms with Crippen molar-refractivity contribution in [3.05, 3.63) is 84.2 Å². The van der Waals surface area contributed by atoms with Gasteiger partial charge in [0.25, 0.3) is 0 Å². The standard InChI is InChI=1S/C26H25F3N4/c1-31-10-12-32(13-11-31)17-19-6-5-7-20(14-19)23-15-21(26(27,28)29)16-24-25(23)33(18-30-24)22-8-3-2-4-9-22/h2-9,14-16,18H,10-13,17H2,1H3. The van der Waals surface area contributed by atoms with Crippen LogP contribution in [-0.4, -0.2) is 52.6 Å². The van der Waals surface area contributed by atoms with Gasteiger partial charge in [-0.05, 0) is 48.5 Å². The summed E-state index contributed by atoms with van der Waals surface area (Å²) in [4.78, 5) is 9.02. The third-order valence-electron chi connectivity index (χ3n) is 6.24. The quantitative estimate of drug-likeness (QED) is 0.413. The average molecular weight is 451 g/mol. The molecule has 1 fully saturated rings. The van der Waals surface area contributed by atoms with Crippen LogP contribution in [0.4, 0.5) is 13.2 Å². The number of alkyl halides is 3. The second-order valence-electron chi connectivity index (χ2n) is 8.62. The number of hydrogen-bond donors (Lipinski definition) is 0. The summed E-state index contributed by atoms with van der Waals surface area (Å²) in [6, 6.07) is 19.8. The molecule has 170 valence electrons. The molecule has 4 nitrogen and oxygen atoms in total. The molecule has 0 atom stereocenters. The molecular weight excluding hydrogens is 425 g/mol. The fourth-order valence-electron chi connectivity index (χ4n) is 4.42. The van der Waals surface area contributed by atoms with Crippen molar-refractivity contribution in [2.75, 3.05) is 33.2 Å². The minimum Gasteiger partial charge on any atom is -0.304 e. The van der Waals surface area contributed by atoms with E-state index in [9.17, 15) is 13.2 Å². The Hall–Kier alpha value is -3.16. The van der Waals surface area contributed by atoms with E-state index in [1.54, 1.807) is 6.33 Å². The second-order valence-corrected chi connectivity index (χ2v) is 8.62. The molecule has 7 heteroatoms. The topological polar surface area (TPSA) is 24.3 Å². The van der Waals surface area contributed by atoms with Crippen molar-refractivity contribution in [3.8, 4) is 16.8 Å². The van der Waals surface area contributed by atoms with Crippen molar-refractivity contribution in [1.29, 1.82) is 0 Å². The minimum absolute atomic E-state index is 0.327. The summed E-state index contributed by atoms with van der Waals surface area (Å²) in [5, 5.41) is 0. The highest BCUT2D eigenvalue weighted by molar-refractivity contribution is 5.94. The molecule has 1 aliphatic rings. The Labute approximate surface area is 190 Å². The fourth-order valence-corrected chi connectivity index (χ4v) is 4.42. The Morgan fingerprint density at radius 2 is 1.64 bits per heavy atom. The molecule has 1 aliphatic heterocycles. The normalized spacial score (nSPS) is 15.9. The van der Waals surface area contributed by atoms with E-state index in [4.69, 9.17) is 0 Å². The van der Waals surface area contributed by atoms with Crippen molar-refractivity contribution in [2.24, 2.45) is 0 Å². The van der Waals surface area contributed by atoms with Crippen LogP contribution in [0.1, 0.15) is 11.1 Å². The number of para-hydroxylation sites is 1. The molecule has 0 saturated carbocycles. The van der Waals surface area contributed by atoms with Crippen LogP contribution in [0.3, 0.4) is 0 Å². The number of fused-ring (bicyclic) bond motifs is 1. The monoisotopic (exact) mass is 450 g/mol. The summed E-state index contributed by atoms with van der Waals surface area (Å²) in [6.45, 7) is 4.78. The number of imidazole rings is 1. The molecule has 0 aliphatic carbocycles. The van der Waals surface area contributed by atoms with Crippen LogP contribution in [-0.2, 0) is 12.7 Å². The molecule has 0 amide bonds. The van der Waals surface area contributed by atoms with Crippen LogP contribution < -0.4 is 0 Å². The van der Waals surface area contributed by atoms with E-state index in [1.807, 2.05) is 59.2 Å². The van der Waals surface area contributed by atoms with Gasteiger partial charge in [-0.25, -0.2) is 4.98 Å². The second kappa shape index (κ2) is 8.65. The van der Waals surface area contributed by atoms with Crippen LogP contribution in [0, 0.1) is 0 Å². The SMILES string of the molecule is CN1CCN(Cc2cccc(-c3cc(C(F)(F)F)cc4ncn(-c5ccccc5)c34)c2)CC1. The van der Waals surface area contributed by atoms with E-state index in [1.165, 1.54) is 6.07 Å². The smallest absolute Gasteiger partial charge is 0.304 e. The first kappa shape index (κ1) is 21.7. The van der Waals surface area contributed by atoms with Crippen molar-refractivity contribution in [3.63, 3.8) is 0 Å². The van der Waals surface area contributed by atoms with E-state index in [0.29, 0.717) is 16.6 Å². The lowest BCUT2D eigenvalue weighted by molar-refractivity contribution is -0.137. The Morgan fingerprint density at radius 1 is 0.879 bits per heavy atom. The number of benzene rings is 3. The maximum atomic E-state index is 13.7. The van der Waals surface area contributed by atoms with Gasteiger partial charge in [0.15, 0.2) is 0 Å². The van der Waals surface area contributed by atoms with Crippen molar-refractivity contribution in [2.45, 2.75) is 12.7 Å². The van der Waals surface area contributed by atoms with Gasteiger partial charge < -0.3 is 4.90 Å². The van der Waals surface area contributed by atoms with Gasteiger partial charge in [0, 0.05) is 44.0 Å². The van der Waals surface area contributed by atoms with Gasteiger partial charge in [-0.15, -0.1) is 0 Å². The molecular formula is C26H25F3N4. The third-order valence-corrected chi connectivity index (χ3v) is 6.24. The summed E-state index contributed by atoms with van der Waals surface area (Å²) >= 11 is 0. The zero-order valence-corrected chi connectivity index (χ0v) is 18.4. The molecule has 2 heterocycles. The first-order chi connectivity index (χ1) is 15.9. The van der Waals surface area contributed by atoms with E-state index in [-0.39, 0.29) is 0 Å². The molecule has 0 radical (unpaired) electrons. The van der Waals surface area contributed by atoms with E-state index >= 15 is 0 Å². The summed E-state index contributed by atoms with van der Waals surface area (Å²) in [5.41, 5.74) is 3.55. The zero-order valence-electron chi connectivity index (χ0n) is 18.4. The van der Waals surface area contributed by atoms with Crippen molar-refractivity contribution in [1.82, 2.24) is 19.4 Å². The summed E-state index contributed by atoms with van der Waals surface area (Å²) in [7, 11) is 2.12. The van der Waals surface area contributed by atoms with Gasteiger partial charge in [-0.1, -0.05) is 36.4 Å². The number of likely N-dealkylation sites (N-methyl/N-ethyl adjacent to an activating group) is 1. The molecule has 3 aromatic carbocycles. The lowest BCUT2D eigenvalue weighted by atomic mass is 9.98. The number of nitrogens with zero attached hydrogens (tertiary/aromatic N) is 4. The van der Waals surface area contributed by atoms with Crippen molar-refractivity contribution < 1.29 is 13.2 Å². The van der Waals surface area contributed by atoms with Crippen LogP contribution in [0.5, 0.6) is 0 Å². The van der Waals surface area contributed by atoms with Crippen LogP contribution in [0.15, 0.2) is 73.1 Å². The van der Waals surface area contributed by atoms with Gasteiger partial charge in [0.2, 0.25) is 0 Å². The Bertz CT molecular complexity index is 1260. The highest BCUT2D eigenvalue weighted by Gasteiger charge is 2.32. The molecule has 0 unspecified atom stereocenters. The highest BCUT2D eigenvalue weighted by atomic mass is 19.4. The molecule has 0 spiro atoms. The number of halogens is 3. The molecule has 33 heavy (non-hydrogen) atoms. The number of aromatic nitrogens is 2. The van der Waals surface area contributed by atoms with E-state index in [2.05, 4.69) is 21.8 Å². The van der Waals surface area contributed by atoms with E-state index < -0.39 is 11.7 Å². The zero-order chi connectivity index (χ0) is 23.0. The minimum atomic E-state index is -4.45. The van der Waals surface area contributed by atoms with Crippen LogP contribution in [0.2, 0.25) is 0 Å². The predicted octanol–water partition coefficient (Wildman–Crippen LogP) is 5.46. The molecule has 0 N–H and O–H groups in total. The van der Waals surface area contributed by atoms with Gasteiger partial charge in [-0.3, -0.25) is 9.47 Å². The summed E-state index contributed by atoms with van der Waals surface area (Å²) in [5.74, 6) is 0. The van der Waals surface area contributed by atoms with Gasteiger partial charge in [0.1, 0.15) is 6.33 Å². The van der Waals surface area contributed by atoms with Crippen molar-refractivity contribution >= 4 is 11.0 Å². The van der Waals surface area contributed by atoms with Gasteiger partial charge in [-0.2, -0.15) is 13.2 Å². The molecule has 1 saturated heterocycles. The predicted molar refractivity (Wildman–Crippen MR) is 124 cm³/mol. The lowest BCUT2D eigenvalue weighted by Crippen LogP contribution is -2.43. The molecule has 0 bridgehead atoms. The summed E-state index contributed by atoms with van der Waals surface area (Å²) < 4.78 is 43.0. The first-order valence-electron chi connectivity index (χ1n) is 11.0. The maximum absolute atomic E-state index is 13.7. The number of hydrogen-bond acceptors (Lipinski definition) is 3. The average Bonchev–Trinajstić information content (AvgIpc) is 3.24. The lowest BCUT2D eigenvalue weighted by Gasteiger charge is -2.32. The van der Waals surface area contributed by atoms with Gasteiger partial charge >= 0.3 is 6.18 Å². The summed E-state index contributed by atoms with van der Waals surface area (Å²) in [6.07, 6.45) is -2.85. The number of rotatable bonds is 4. The molecule has 4 aromatic rings.